The van der Waals surface area contributed by atoms with Gasteiger partial charge in [0.15, 0.2) is 5.96 Å². The molecule has 1 aliphatic rings. The molecule has 32 heavy (non-hydrogen) atoms. The standard InChI is InChI=1S/C25H35N5O2/c1-4-27-24(31)20-11-9-10-19(16-20)17-28-25(26-2)29-18-22(30-14-7-8-15-30)21-12-5-6-13-23(21)32-3/h5-6,9-13,16,22H,4,7-8,14-15,17-18H2,1-3H3,(H,27,31)(H2,26,28,29). The van der Waals surface area contributed by atoms with E-state index in [1.54, 1.807) is 14.2 Å². The summed E-state index contributed by atoms with van der Waals surface area (Å²) in [6, 6.07) is 16.1. The summed E-state index contributed by atoms with van der Waals surface area (Å²) >= 11 is 0. The summed E-state index contributed by atoms with van der Waals surface area (Å²) in [6.45, 7) is 6.00. The average Bonchev–Trinajstić information content (AvgIpc) is 3.36. The van der Waals surface area contributed by atoms with Gasteiger partial charge in [-0.05, 0) is 56.6 Å². The van der Waals surface area contributed by atoms with Crippen LogP contribution in [-0.2, 0) is 6.54 Å². The number of benzene rings is 2. The number of methoxy groups -OCH3 is 1. The smallest absolute Gasteiger partial charge is 0.251 e. The summed E-state index contributed by atoms with van der Waals surface area (Å²) < 4.78 is 5.64. The Hall–Kier alpha value is -3.06. The van der Waals surface area contributed by atoms with Crippen molar-refractivity contribution in [3.63, 3.8) is 0 Å². The second-order valence-electron chi connectivity index (χ2n) is 7.87. The van der Waals surface area contributed by atoms with Gasteiger partial charge < -0.3 is 20.7 Å². The van der Waals surface area contributed by atoms with Crippen molar-refractivity contribution in [2.75, 3.05) is 40.3 Å². The number of hydrogen-bond acceptors (Lipinski definition) is 4. The van der Waals surface area contributed by atoms with Gasteiger partial charge in [0.05, 0.1) is 13.2 Å². The lowest BCUT2D eigenvalue weighted by molar-refractivity contribution is 0.0955. The Balaban J connectivity index is 1.64. The monoisotopic (exact) mass is 437 g/mol. The van der Waals surface area contributed by atoms with Crippen molar-refractivity contribution in [3.8, 4) is 5.75 Å². The molecule has 0 radical (unpaired) electrons. The van der Waals surface area contributed by atoms with E-state index in [2.05, 4.69) is 38.0 Å². The first-order valence-electron chi connectivity index (χ1n) is 11.3. The average molecular weight is 438 g/mol. The van der Waals surface area contributed by atoms with Gasteiger partial charge in [-0.15, -0.1) is 0 Å². The minimum atomic E-state index is -0.0536. The summed E-state index contributed by atoms with van der Waals surface area (Å²) in [4.78, 5) is 19.0. The van der Waals surface area contributed by atoms with E-state index in [9.17, 15) is 4.79 Å². The highest BCUT2D eigenvalue weighted by Gasteiger charge is 2.26. The van der Waals surface area contributed by atoms with Crippen LogP contribution in [-0.4, -0.2) is 57.1 Å². The zero-order chi connectivity index (χ0) is 22.8. The fourth-order valence-corrected chi connectivity index (χ4v) is 4.12. The predicted octanol–water partition coefficient (Wildman–Crippen LogP) is 2.95. The maximum atomic E-state index is 12.1. The molecule has 0 spiro atoms. The van der Waals surface area contributed by atoms with Crippen LogP contribution >= 0.6 is 0 Å². The van der Waals surface area contributed by atoms with E-state index in [1.165, 1.54) is 18.4 Å². The minimum Gasteiger partial charge on any atom is -0.496 e. The third kappa shape index (κ3) is 6.23. The number of rotatable bonds is 9. The van der Waals surface area contributed by atoms with Crippen molar-refractivity contribution in [3.05, 3.63) is 65.2 Å². The number of carbonyl (C=O) groups is 1. The fourth-order valence-electron chi connectivity index (χ4n) is 4.12. The van der Waals surface area contributed by atoms with Crippen LogP contribution in [0.3, 0.4) is 0 Å². The highest BCUT2D eigenvalue weighted by Crippen LogP contribution is 2.31. The highest BCUT2D eigenvalue weighted by atomic mass is 16.5. The number of likely N-dealkylation sites (tertiary alicyclic amines) is 1. The van der Waals surface area contributed by atoms with Crippen LogP contribution < -0.4 is 20.7 Å². The van der Waals surface area contributed by atoms with E-state index in [-0.39, 0.29) is 11.9 Å². The number of carbonyl (C=O) groups excluding carboxylic acids is 1. The van der Waals surface area contributed by atoms with Gasteiger partial charge in [-0.3, -0.25) is 14.7 Å². The van der Waals surface area contributed by atoms with Gasteiger partial charge >= 0.3 is 0 Å². The Morgan fingerprint density at radius 3 is 2.59 bits per heavy atom. The largest absolute Gasteiger partial charge is 0.496 e. The number of guanidine groups is 1. The number of nitrogens with one attached hydrogen (secondary N) is 3. The van der Waals surface area contributed by atoms with Crippen LogP contribution in [0.1, 0.15) is 47.3 Å². The maximum absolute atomic E-state index is 12.1. The second kappa shape index (κ2) is 12.1. The molecule has 7 heteroatoms. The Bertz CT molecular complexity index is 909. The zero-order valence-electron chi connectivity index (χ0n) is 19.4. The molecule has 0 bridgehead atoms. The van der Waals surface area contributed by atoms with Crippen molar-refractivity contribution < 1.29 is 9.53 Å². The van der Waals surface area contributed by atoms with Crippen LogP contribution in [0.25, 0.3) is 0 Å². The third-order valence-corrected chi connectivity index (χ3v) is 5.75. The van der Waals surface area contributed by atoms with E-state index >= 15 is 0 Å². The Labute approximate surface area is 191 Å². The predicted molar refractivity (Wildman–Crippen MR) is 129 cm³/mol. The number of ether oxygens (including phenoxy) is 1. The molecule has 0 aliphatic carbocycles. The summed E-state index contributed by atoms with van der Waals surface area (Å²) in [5.74, 6) is 1.59. The molecule has 3 N–H and O–H groups in total. The summed E-state index contributed by atoms with van der Waals surface area (Å²) in [5, 5.41) is 9.69. The lowest BCUT2D eigenvalue weighted by atomic mass is 10.0. The SMILES string of the molecule is CCNC(=O)c1cccc(CNC(=NC)NCC(c2ccccc2OC)N2CCCC2)c1. The molecule has 0 aromatic heterocycles. The highest BCUT2D eigenvalue weighted by molar-refractivity contribution is 5.94. The molecule has 1 aliphatic heterocycles. The lowest BCUT2D eigenvalue weighted by Crippen LogP contribution is -2.42. The molecule has 1 atom stereocenters. The van der Waals surface area contributed by atoms with Crippen molar-refractivity contribution in [2.24, 2.45) is 4.99 Å². The van der Waals surface area contributed by atoms with Crippen LogP contribution in [0.15, 0.2) is 53.5 Å². The van der Waals surface area contributed by atoms with Crippen LogP contribution in [0.2, 0.25) is 0 Å². The quantitative estimate of drug-likeness (QED) is 0.415. The summed E-state index contributed by atoms with van der Waals surface area (Å²) in [5.41, 5.74) is 2.88. The number of para-hydroxylation sites is 1. The molecule has 1 amide bonds. The molecule has 3 rings (SSSR count). The van der Waals surface area contributed by atoms with Gasteiger partial charge in [0.1, 0.15) is 5.75 Å². The first-order chi connectivity index (χ1) is 15.7. The van der Waals surface area contributed by atoms with Gasteiger partial charge in [-0.1, -0.05) is 30.3 Å². The van der Waals surface area contributed by atoms with Crippen LogP contribution in [0, 0.1) is 0 Å². The molecule has 0 saturated carbocycles. The molecule has 2 aromatic carbocycles. The molecule has 1 unspecified atom stereocenters. The zero-order valence-corrected chi connectivity index (χ0v) is 19.4. The lowest BCUT2D eigenvalue weighted by Gasteiger charge is -2.30. The van der Waals surface area contributed by atoms with Gasteiger partial charge in [-0.2, -0.15) is 0 Å². The summed E-state index contributed by atoms with van der Waals surface area (Å²) in [6.07, 6.45) is 2.45. The van der Waals surface area contributed by atoms with Crippen molar-refractivity contribution in [1.29, 1.82) is 0 Å². The number of hydrogen-bond donors (Lipinski definition) is 3. The first kappa shape index (κ1) is 23.6. The molecule has 2 aromatic rings. The number of nitrogens with zero attached hydrogens (tertiary/aromatic N) is 2. The van der Waals surface area contributed by atoms with Crippen molar-refractivity contribution >= 4 is 11.9 Å². The van der Waals surface area contributed by atoms with E-state index in [4.69, 9.17) is 4.74 Å². The Morgan fingerprint density at radius 2 is 1.88 bits per heavy atom. The normalized spacial score (nSPS) is 15.3. The molecule has 7 nitrogen and oxygen atoms in total. The third-order valence-electron chi connectivity index (χ3n) is 5.75. The van der Waals surface area contributed by atoms with Gasteiger partial charge in [0.2, 0.25) is 0 Å². The van der Waals surface area contributed by atoms with Gasteiger partial charge in [0, 0.05) is 37.8 Å². The van der Waals surface area contributed by atoms with E-state index < -0.39 is 0 Å². The van der Waals surface area contributed by atoms with Gasteiger partial charge in [-0.25, -0.2) is 0 Å². The van der Waals surface area contributed by atoms with Crippen molar-refractivity contribution in [2.45, 2.75) is 32.4 Å². The number of aliphatic imine (C=N–C) groups is 1. The fraction of sp³-hybridized carbons (Fsp3) is 0.440. The topological polar surface area (TPSA) is 78.0 Å². The van der Waals surface area contributed by atoms with Crippen molar-refractivity contribution in [1.82, 2.24) is 20.9 Å². The van der Waals surface area contributed by atoms with E-state index in [1.807, 2.05) is 43.3 Å². The molecule has 172 valence electrons. The Morgan fingerprint density at radius 1 is 1.09 bits per heavy atom. The van der Waals surface area contributed by atoms with E-state index in [0.717, 1.165) is 36.9 Å². The first-order valence-corrected chi connectivity index (χ1v) is 11.3. The van der Waals surface area contributed by atoms with Crippen LogP contribution in [0.5, 0.6) is 5.75 Å². The molecular formula is C25H35N5O2. The Kier molecular flexibility index (Phi) is 8.92. The maximum Gasteiger partial charge on any atom is 0.251 e. The second-order valence-corrected chi connectivity index (χ2v) is 7.87. The van der Waals surface area contributed by atoms with Crippen LogP contribution in [0.4, 0.5) is 0 Å². The number of amides is 1. The minimum absolute atomic E-state index is 0.0536. The summed E-state index contributed by atoms with van der Waals surface area (Å²) in [7, 11) is 3.50. The molecule has 1 fully saturated rings. The molecular weight excluding hydrogens is 402 g/mol. The van der Waals surface area contributed by atoms with Gasteiger partial charge in [0.25, 0.3) is 5.91 Å². The molecule has 1 saturated heterocycles. The van der Waals surface area contributed by atoms with E-state index in [0.29, 0.717) is 18.7 Å². The molecule has 1 heterocycles.